The Labute approximate surface area is 77.2 Å². The van der Waals surface area contributed by atoms with Gasteiger partial charge in [-0.25, -0.2) is 4.98 Å². The third-order valence-corrected chi connectivity index (χ3v) is 2.37. The molecule has 0 radical (unpaired) electrons. The predicted molar refractivity (Wildman–Crippen MR) is 54.6 cm³/mol. The van der Waals surface area contributed by atoms with E-state index in [9.17, 15) is 0 Å². The van der Waals surface area contributed by atoms with E-state index in [0.29, 0.717) is 0 Å². The lowest BCUT2D eigenvalue weighted by Crippen LogP contribution is -1.95. The molecule has 0 amide bonds. The number of hydrogen-bond donors (Lipinski definition) is 1. The van der Waals surface area contributed by atoms with Gasteiger partial charge in [0, 0.05) is 7.05 Å². The summed E-state index contributed by atoms with van der Waals surface area (Å²) in [6.07, 6.45) is 0. The Morgan fingerprint density at radius 3 is 2.69 bits per heavy atom. The third kappa shape index (κ3) is 1.08. The van der Waals surface area contributed by atoms with Crippen LogP contribution in [-0.4, -0.2) is 9.55 Å². The molecule has 0 fully saturated rings. The number of imidazole rings is 1. The van der Waals surface area contributed by atoms with E-state index in [0.717, 1.165) is 28.1 Å². The molecule has 1 heterocycles. The van der Waals surface area contributed by atoms with Crippen LogP contribution in [0.2, 0.25) is 0 Å². The van der Waals surface area contributed by atoms with Crippen molar-refractivity contribution < 1.29 is 0 Å². The highest BCUT2D eigenvalue weighted by atomic mass is 15.1. The van der Waals surface area contributed by atoms with Crippen LogP contribution in [0.15, 0.2) is 12.1 Å². The minimum absolute atomic E-state index is 0.804. The summed E-state index contributed by atoms with van der Waals surface area (Å²) in [5, 5.41) is 0. The second-order valence-corrected chi connectivity index (χ2v) is 3.44. The van der Waals surface area contributed by atoms with Crippen molar-refractivity contribution in [2.24, 2.45) is 7.05 Å². The number of fused-ring (bicyclic) bond motifs is 1. The number of hydrogen-bond acceptors (Lipinski definition) is 2. The molecule has 0 aliphatic carbocycles. The Morgan fingerprint density at radius 1 is 1.31 bits per heavy atom. The second kappa shape index (κ2) is 2.49. The molecule has 0 saturated heterocycles. The quantitative estimate of drug-likeness (QED) is 0.620. The summed E-state index contributed by atoms with van der Waals surface area (Å²) >= 11 is 0. The smallest absolute Gasteiger partial charge is 0.106 e. The van der Waals surface area contributed by atoms with Gasteiger partial charge < -0.3 is 10.3 Å². The zero-order valence-corrected chi connectivity index (χ0v) is 8.13. The van der Waals surface area contributed by atoms with E-state index in [4.69, 9.17) is 5.73 Å². The molecule has 2 aromatic rings. The van der Waals surface area contributed by atoms with Crippen molar-refractivity contribution in [2.75, 3.05) is 5.73 Å². The van der Waals surface area contributed by atoms with Crippen LogP contribution in [0.3, 0.4) is 0 Å². The molecule has 0 unspecified atom stereocenters. The molecule has 13 heavy (non-hydrogen) atoms. The summed E-state index contributed by atoms with van der Waals surface area (Å²) in [6, 6.07) is 4.03. The lowest BCUT2D eigenvalue weighted by Gasteiger charge is -2.01. The fourth-order valence-electron chi connectivity index (χ4n) is 1.65. The van der Waals surface area contributed by atoms with Crippen LogP contribution in [-0.2, 0) is 7.05 Å². The molecule has 0 aliphatic heterocycles. The number of rotatable bonds is 0. The summed E-state index contributed by atoms with van der Waals surface area (Å²) < 4.78 is 2.02. The van der Waals surface area contributed by atoms with Crippen molar-refractivity contribution in [3.8, 4) is 0 Å². The van der Waals surface area contributed by atoms with E-state index in [-0.39, 0.29) is 0 Å². The molecule has 0 aliphatic rings. The number of benzene rings is 1. The Balaban J connectivity index is 2.94. The van der Waals surface area contributed by atoms with Gasteiger partial charge in [0.15, 0.2) is 0 Å². The number of nitrogen functional groups attached to an aromatic ring is 1. The number of nitrogens with zero attached hydrogens (tertiary/aromatic N) is 2. The second-order valence-electron chi connectivity index (χ2n) is 3.44. The van der Waals surface area contributed by atoms with Crippen molar-refractivity contribution in [3.63, 3.8) is 0 Å². The maximum Gasteiger partial charge on any atom is 0.106 e. The molecule has 0 atom stereocenters. The normalized spacial score (nSPS) is 11.0. The van der Waals surface area contributed by atoms with E-state index < -0.39 is 0 Å². The van der Waals surface area contributed by atoms with Gasteiger partial charge in [-0.3, -0.25) is 0 Å². The molecule has 1 aromatic heterocycles. The average molecular weight is 175 g/mol. The van der Waals surface area contributed by atoms with Gasteiger partial charge in [0.25, 0.3) is 0 Å². The van der Waals surface area contributed by atoms with Gasteiger partial charge in [0.05, 0.1) is 16.7 Å². The van der Waals surface area contributed by atoms with Crippen LogP contribution in [0.4, 0.5) is 5.69 Å². The van der Waals surface area contributed by atoms with E-state index in [2.05, 4.69) is 11.1 Å². The van der Waals surface area contributed by atoms with Crippen molar-refractivity contribution in [2.45, 2.75) is 13.8 Å². The predicted octanol–water partition coefficient (Wildman–Crippen LogP) is 1.77. The Bertz CT molecular complexity index is 468. The van der Waals surface area contributed by atoms with Gasteiger partial charge in [-0.15, -0.1) is 0 Å². The maximum atomic E-state index is 5.91. The largest absolute Gasteiger partial charge is 0.397 e. The van der Waals surface area contributed by atoms with Crippen LogP contribution in [0.25, 0.3) is 11.0 Å². The van der Waals surface area contributed by atoms with E-state index in [1.165, 1.54) is 0 Å². The topological polar surface area (TPSA) is 43.8 Å². The lowest BCUT2D eigenvalue weighted by atomic mass is 10.2. The number of aryl methyl sites for hydroxylation is 3. The molecule has 68 valence electrons. The summed E-state index contributed by atoms with van der Waals surface area (Å²) in [6.45, 7) is 4.01. The lowest BCUT2D eigenvalue weighted by molar-refractivity contribution is 0.887. The zero-order valence-electron chi connectivity index (χ0n) is 8.13. The first-order valence-corrected chi connectivity index (χ1v) is 4.29. The molecular formula is C10H13N3. The molecule has 3 nitrogen and oxygen atoms in total. The van der Waals surface area contributed by atoms with Gasteiger partial charge in [-0.2, -0.15) is 0 Å². The van der Waals surface area contributed by atoms with Crippen molar-refractivity contribution in [1.29, 1.82) is 0 Å². The van der Waals surface area contributed by atoms with Crippen LogP contribution in [0.5, 0.6) is 0 Å². The Kier molecular flexibility index (Phi) is 1.55. The highest BCUT2D eigenvalue weighted by Crippen LogP contribution is 2.22. The molecule has 3 heteroatoms. The fourth-order valence-corrected chi connectivity index (χ4v) is 1.65. The van der Waals surface area contributed by atoms with Gasteiger partial charge in [-0.05, 0) is 31.5 Å². The standard InChI is InChI=1S/C10H13N3/c1-6-4-8(11)10-9(5-6)12-7(2)13(10)3/h4-5H,11H2,1-3H3. The first-order valence-electron chi connectivity index (χ1n) is 4.29. The van der Waals surface area contributed by atoms with Crippen LogP contribution < -0.4 is 5.73 Å². The van der Waals surface area contributed by atoms with Crippen LogP contribution in [0.1, 0.15) is 11.4 Å². The van der Waals surface area contributed by atoms with Crippen molar-refractivity contribution in [1.82, 2.24) is 9.55 Å². The summed E-state index contributed by atoms with van der Waals surface area (Å²) in [4.78, 5) is 4.42. The maximum absolute atomic E-state index is 5.91. The highest BCUT2D eigenvalue weighted by molar-refractivity contribution is 5.88. The fraction of sp³-hybridized carbons (Fsp3) is 0.300. The van der Waals surface area contributed by atoms with Crippen molar-refractivity contribution in [3.05, 3.63) is 23.5 Å². The molecule has 2 N–H and O–H groups in total. The Hall–Kier alpha value is -1.51. The average Bonchev–Trinajstić information content (AvgIpc) is 2.27. The SMILES string of the molecule is Cc1cc(N)c2c(c1)nc(C)n2C. The van der Waals surface area contributed by atoms with Crippen molar-refractivity contribution >= 4 is 16.7 Å². The first kappa shape index (κ1) is 8.10. The molecule has 0 saturated carbocycles. The zero-order chi connectivity index (χ0) is 9.59. The Morgan fingerprint density at radius 2 is 2.00 bits per heavy atom. The molecule has 0 spiro atoms. The van der Waals surface area contributed by atoms with E-state index in [1.807, 2.05) is 31.5 Å². The summed E-state index contributed by atoms with van der Waals surface area (Å²) in [5.74, 6) is 0.993. The number of aromatic nitrogens is 2. The van der Waals surface area contributed by atoms with Gasteiger partial charge in [0.2, 0.25) is 0 Å². The molecule has 2 rings (SSSR count). The van der Waals surface area contributed by atoms with Crippen LogP contribution >= 0.6 is 0 Å². The van der Waals surface area contributed by atoms with E-state index in [1.54, 1.807) is 0 Å². The van der Waals surface area contributed by atoms with Gasteiger partial charge in [0.1, 0.15) is 5.82 Å². The number of nitrogens with two attached hydrogens (primary N) is 1. The van der Waals surface area contributed by atoms with Gasteiger partial charge in [-0.1, -0.05) is 0 Å². The minimum Gasteiger partial charge on any atom is -0.397 e. The molecule has 0 bridgehead atoms. The monoisotopic (exact) mass is 175 g/mol. The van der Waals surface area contributed by atoms with Crippen LogP contribution in [0, 0.1) is 13.8 Å². The highest BCUT2D eigenvalue weighted by Gasteiger charge is 2.07. The summed E-state index contributed by atoms with van der Waals surface area (Å²) in [7, 11) is 1.98. The minimum atomic E-state index is 0.804. The van der Waals surface area contributed by atoms with Gasteiger partial charge >= 0.3 is 0 Å². The number of anilines is 1. The molecular weight excluding hydrogens is 162 g/mol. The van der Waals surface area contributed by atoms with E-state index >= 15 is 0 Å². The summed E-state index contributed by atoms with van der Waals surface area (Å²) in [5.41, 5.74) is 9.88. The molecule has 1 aromatic carbocycles. The first-order chi connectivity index (χ1) is 6.09. The third-order valence-electron chi connectivity index (χ3n) is 2.37.